The first-order valence-corrected chi connectivity index (χ1v) is 8.27. The molecule has 0 unspecified atom stereocenters. The summed E-state index contributed by atoms with van der Waals surface area (Å²) < 4.78 is 12.0. The second kappa shape index (κ2) is 7.52. The van der Waals surface area contributed by atoms with Crippen molar-refractivity contribution in [1.29, 1.82) is 0 Å². The average molecular weight is 345 g/mol. The second-order valence-corrected chi connectivity index (χ2v) is 5.97. The first kappa shape index (κ1) is 17.2. The first-order chi connectivity index (χ1) is 12.1. The Hall–Kier alpha value is -2.61. The van der Waals surface area contributed by atoms with Gasteiger partial charge in [-0.1, -0.05) is 0 Å². The number of aromatic nitrogens is 3. The molecule has 0 radical (unpaired) electrons. The SMILES string of the molecule is COc1ccc(C(=O)Nc2nc(C3CCNCC3)nn2C)cc1OC. The van der Waals surface area contributed by atoms with E-state index in [1.54, 1.807) is 37.0 Å². The van der Waals surface area contributed by atoms with Crippen LogP contribution in [0.15, 0.2) is 18.2 Å². The van der Waals surface area contributed by atoms with Crippen LogP contribution in [0.3, 0.4) is 0 Å². The van der Waals surface area contributed by atoms with Gasteiger partial charge in [-0.2, -0.15) is 10.1 Å². The topological polar surface area (TPSA) is 90.3 Å². The third kappa shape index (κ3) is 3.74. The van der Waals surface area contributed by atoms with E-state index in [2.05, 4.69) is 20.7 Å². The van der Waals surface area contributed by atoms with Crippen LogP contribution in [-0.4, -0.2) is 48.0 Å². The molecule has 1 saturated heterocycles. The summed E-state index contributed by atoms with van der Waals surface area (Å²) >= 11 is 0. The fourth-order valence-corrected chi connectivity index (χ4v) is 2.92. The molecule has 2 heterocycles. The number of methoxy groups -OCH3 is 2. The van der Waals surface area contributed by atoms with E-state index in [-0.39, 0.29) is 5.91 Å². The molecule has 0 saturated carbocycles. The lowest BCUT2D eigenvalue weighted by molar-refractivity contribution is 0.102. The molecule has 1 aliphatic rings. The summed E-state index contributed by atoms with van der Waals surface area (Å²) in [5.41, 5.74) is 0.462. The lowest BCUT2D eigenvalue weighted by Gasteiger charge is -2.19. The summed E-state index contributed by atoms with van der Waals surface area (Å²) in [4.78, 5) is 17.0. The maximum absolute atomic E-state index is 12.5. The molecule has 3 rings (SSSR count). The van der Waals surface area contributed by atoms with Crippen LogP contribution in [0, 0.1) is 0 Å². The maximum Gasteiger partial charge on any atom is 0.258 e. The van der Waals surface area contributed by atoms with Crippen LogP contribution in [0.4, 0.5) is 5.95 Å². The molecule has 1 aromatic carbocycles. The number of piperidine rings is 1. The highest BCUT2D eigenvalue weighted by Crippen LogP contribution is 2.28. The van der Waals surface area contributed by atoms with Gasteiger partial charge >= 0.3 is 0 Å². The number of hydrogen-bond acceptors (Lipinski definition) is 6. The Morgan fingerprint density at radius 3 is 2.64 bits per heavy atom. The molecule has 0 spiro atoms. The molecule has 8 heteroatoms. The van der Waals surface area contributed by atoms with Crippen molar-refractivity contribution in [1.82, 2.24) is 20.1 Å². The summed E-state index contributed by atoms with van der Waals surface area (Å²) in [5, 5.41) is 10.6. The number of benzene rings is 1. The highest BCUT2D eigenvalue weighted by atomic mass is 16.5. The summed E-state index contributed by atoms with van der Waals surface area (Å²) in [5.74, 6) is 2.36. The first-order valence-electron chi connectivity index (χ1n) is 8.27. The maximum atomic E-state index is 12.5. The van der Waals surface area contributed by atoms with Gasteiger partial charge in [0.2, 0.25) is 5.95 Å². The second-order valence-electron chi connectivity index (χ2n) is 5.97. The Morgan fingerprint density at radius 1 is 1.24 bits per heavy atom. The molecule has 8 nitrogen and oxygen atoms in total. The van der Waals surface area contributed by atoms with Gasteiger partial charge in [0, 0.05) is 18.5 Å². The molecule has 0 aliphatic carbocycles. The lowest BCUT2D eigenvalue weighted by Crippen LogP contribution is -2.27. The van der Waals surface area contributed by atoms with E-state index in [4.69, 9.17) is 9.47 Å². The van der Waals surface area contributed by atoms with Crippen molar-refractivity contribution in [2.24, 2.45) is 7.05 Å². The van der Waals surface area contributed by atoms with Gasteiger partial charge < -0.3 is 14.8 Å². The Morgan fingerprint density at radius 2 is 1.96 bits per heavy atom. The number of nitrogens with zero attached hydrogens (tertiary/aromatic N) is 3. The molecular formula is C17H23N5O3. The minimum atomic E-state index is -0.270. The van der Waals surface area contributed by atoms with Crippen molar-refractivity contribution >= 4 is 11.9 Å². The number of nitrogens with one attached hydrogen (secondary N) is 2. The quantitative estimate of drug-likeness (QED) is 0.854. The zero-order valence-corrected chi connectivity index (χ0v) is 14.7. The predicted molar refractivity (Wildman–Crippen MR) is 93.3 cm³/mol. The number of hydrogen-bond donors (Lipinski definition) is 2. The van der Waals surface area contributed by atoms with Crippen molar-refractivity contribution in [3.05, 3.63) is 29.6 Å². The van der Waals surface area contributed by atoms with Crippen LogP contribution < -0.4 is 20.1 Å². The summed E-state index contributed by atoms with van der Waals surface area (Å²) in [7, 11) is 4.87. The number of aryl methyl sites for hydroxylation is 1. The molecule has 1 aromatic heterocycles. The highest BCUT2D eigenvalue weighted by molar-refractivity contribution is 6.03. The number of carbonyl (C=O) groups is 1. The Kier molecular flexibility index (Phi) is 5.18. The zero-order valence-electron chi connectivity index (χ0n) is 14.7. The molecule has 1 amide bonds. The third-order valence-corrected chi connectivity index (χ3v) is 4.35. The highest BCUT2D eigenvalue weighted by Gasteiger charge is 2.21. The van der Waals surface area contributed by atoms with E-state index in [1.165, 1.54) is 7.11 Å². The zero-order chi connectivity index (χ0) is 17.8. The van der Waals surface area contributed by atoms with Crippen molar-refractivity contribution in [3.8, 4) is 11.5 Å². The minimum Gasteiger partial charge on any atom is -0.493 e. The summed E-state index contributed by atoms with van der Waals surface area (Å²) in [6.07, 6.45) is 2.01. The fraction of sp³-hybridized carbons (Fsp3) is 0.471. The Bertz CT molecular complexity index is 753. The lowest BCUT2D eigenvalue weighted by atomic mass is 9.98. The molecule has 25 heavy (non-hydrogen) atoms. The van der Waals surface area contributed by atoms with Gasteiger partial charge in [-0.3, -0.25) is 10.1 Å². The molecular weight excluding hydrogens is 322 g/mol. The van der Waals surface area contributed by atoms with Crippen molar-refractivity contribution in [3.63, 3.8) is 0 Å². The van der Waals surface area contributed by atoms with E-state index < -0.39 is 0 Å². The van der Waals surface area contributed by atoms with Gasteiger partial charge in [0.25, 0.3) is 5.91 Å². The Labute approximate surface area is 146 Å². The van der Waals surface area contributed by atoms with Crippen molar-refractivity contribution in [2.75, 3.05) is 32.6 Å². The van der Waals surface area contributed by atoms with Gasteiger partial charge in [-0.05, 0) is 44.1 Å². The van der Waals surface area contributed by atoms with Gasteiger partial charge in [0.15, 0.2) is 17.3 Å². The van der Waals surface area contributed by atoms with Crippen LogP contribution in [0.5, 0.6) is 11.5 Å². The smallest absolute Gasteiger partial charge is 0.258 e. The minimum absolute atomic E-state index is 0.270. The summed E-state index contributed by atoms with van der Waals surface area (Å²) in [6.45, 7) is 1.94. The summed E-state index contributed by atoms with van der Waals surface area (Å²) in [6, 6.07) is 5.02. The van der Waals surface area contributed by atoms with Gasteiger partial charge in [-0.25, -0.2) is 4.68 Å². The van der Waals surface area contributed by atoms with Crippen molar-refractivity contribution in [2.45, 2.75) is 18.8 Å². The van der Waals surface area contributed by atoms with E-state index in [0.29, 0.717) is 28.9 Å². The van der Waals surface area contributed by atoms with Crippen LogP contribution >= 0.6 is 0 Å². The number of anilines is 1. The number of carbonyl (C=O) groups excluding carboxylic acids is 1. The fourth-order valence-electron chi connectivity index (χ4n) is 2.92. The number of amides is 1. The molecule has 0 bridgehead atoms. The van der Waals surface area contributed by atoms with E-state index in [9.17, 15) is 4.79 Å². The van der Waals surface area contributed by atoms with Crippen LogP contribution in [0.1, 0.15) is 34.9 Å². The standard InChI is InChI=1S/C17H23N5O3/c1-22-17(19-15(21-22)11-6-8-18-9-7-11)20-16(23)12-4-5-13(24-2)14(10-12)25-3/h4-5,10-11,18H,6-9H2,1-3H3,(H,19,20,21,23). The average Bonchev–Trinajstić information content (AvgIpc) is 3.02. The number of rotatable bonds is 5. The van der Waals surface area contributed by atoms with Crippen molar-refractivity contribution < 1.29 is 14.3 Å². The van der Waals surface area contributed by atoms with Gasteiger partial charge in [0.1, 0.15) is 0 Å². The Balaban J connectivity index is 1.75. The largest absolute Gasteiger partial charge is 0.493 e. The molecule has 1 fully saturated rings. The predicted octanol–water partition coefficient (Wildman–Crippen LogP) is 1.55. The monoisotopic (exact) mass is 345 g/mol. The van der Waals surface area contributed by atoms with Gasteiger partial charge in [0.05, 0.1) is 14.2 Å². The van der Waals surface area contributed by atoms with E-state index in [0.717, 1.165) is 31.8 Å². The van der Waals surface area contributed by atoms with Crippen LogP contribution in [-0.2, 0) is 7.05 Å². The van der Waals surface area contributed by atoms with E-state index >= 15 is 0 Å². The number of ether oxygens (including phenoxy) is 2. The third-order valence-electron chi connectivity index (χ3n) is 4.35. The molecule has 0 atom stereocenters. The molecule has 2 aromatic rings. The molecule has 134 valence electrons. The van der Waals surface area contributed by atoms with E-state index in [1.807, 2.05) is 0 Å². The van der Waals surface area contributed by atoms with Crippen LogP contribution in [0.25, 0.3) is 0 Å². The van der Waals surface area contributed by atoms with Gasteiger partial charge in [-0.15, -0.1) is 0 Å². The van der Waals surface area contributed by atoms with Crippen LogP contribution in [0.2, 0.25) is 0 Å². The molecule has 2 N–H and O–H groups in total. The molecule has 1 aliphatic heterocycles. The normalized spacial score (nSPS) is 15.0.